The zero-order chi connectivity index (χ0) is 13.7. The van der Waals surface area contributed by atoms with E-state index in [1.165, 1.54) is 23.3 Å². The lowest BCUT2D eigenvalue weighted by atomic mass is 10.1. The number of allylic oxidation sites excluding steroid dienone is 3. The summed E-state index contributed by atoms with van der Waals surface area (Å²) in [5.74, 6) is -1.05. The zero-order valence-electron chi connectivity index (χ0n) is 9.90. The molecule has 6 heteroatoms. The molecule has 0 radical (unpaired) electrons. The summed E-state index contributed by atoms with van der Waals surface area (Å²) in [4.78, 5) is 24.2. The van der Waals surface area contributed by atoms with Crippen LogP contribution < -0.4 is 5.73 Å². The molecular weight excluding hydrogens is 242 g/mol. The summed E-state index contributed by atoms with van der Waals surface area (Å²) in [5.41, 5.74) is 5.38. The maximum atomic E-state index is 12.1. The van der Waals surface area contributed by atoms with Gasteiger partial charge in [-0.25, -0.2) is 0 Å². The first kappa shape index (κ1) is 14.1. The van der Waals surface area contributed by atoms with Crippen LogP contribution in [0.2, 0.25) is 0 Å². The van der Waals surface area contributed by atoms with E-state index in [2.05, 4.69) is 0 Å². The van der Waals surface area contributed by atoms with Gasteiger partial charge >= 0.3 is 0 Å². The normalized spacial score (nSPS) is 16.9. The molecule has 1 heterocycles. The fraction of sp³-hybridized carbons (Fsp3) is 0.333. The summed E-state index contributed by atoms with van der Waals surface area (Å²) in [6.45, 7) is 1.72. The maximum Gasteiger partial charge on any atom is 0.270 e. The van der Waals surface area contributed by atoms with E-state index >= 15 is 0 Å². The number of hydrogen-bond donors (Lipinski definition) is 1. The fourth-order valence-corrected chi connectivity index (χ4v) is 1.72. The van der Waals surface area contributed by atoms with Gasteiger partial charge in [0, 0.05) is 12.3 Å². The Kier molecular flexibility index (Phi) is 4.76. The molecule has 0 aromatic rings. The van der Waals surface area contributed by atoms with Gasteiger partial charge in [0.25, 0.3) is 6.08 Å². The molecule has 0 saturated heterocycles. The van der Waals surface area contributed by atoms with Crippen molar-refractivity contribution in [2.24, 2.45) is 5.73 Å². The highest BCUT2D eigenvalue weighted by Crippen LogP contribution is 2.17. The molecule has 18 heavy (non-hydrogen) atoms. The van der Waals surface area contributed by atoms with Crippen molar-refractivity contribution in [2.75, 3.05) is 0 Å². The average molecular weight is 256 g/mol. The van der Waals surface area contributed by atoms with Gasteiger partial charge < -0.3 is 10.6 Å². The Bertz CT molecular complexity index is 437. The summed E-state index contributed by atoms with van der Waals surface area (Å²) in [5, 5.41) is 0. The number of primary amides is 1. The molecule has 98 valence electrons. The van der Waals surface area contributed by atoms with Gasteiger partial charge in [-0.1, -0.05) is 13.0 Å². The molecule has 0 aliphatic carbocycles. The minimum absolute atomic E-state index is 0.186. The van der Waals surface area contributed by atoms with Crippen molar-refractivity contribution in [3.05, 3.63) is 36.1 Å². The molecule has 0 fully saturated rings. The van der Waals surface area contributed by atoms with Crippen LogP contribution in [0.25, 0.3) is 0 Å². The third kappa shape index (κ3) is 3.51. The van der Waals surface area contributed by atoms with Crippen LogP contribution in [0, 0.1) is 0 Å². The van der Waals surface area contributed by atoms with E-state index < -0.39 is 23.9 Å². The van der Waals surface area contributed by atoms with E-state index in [1.807, 2.05) is 0 Å². The number of hydrogen-bond acceptors (Lipinski definition) is 2. The molecule has 1 atom stereocenters. The first-order valence-electron chi connectivity index (χ1n) is 5.46. The highest BCUT2D eigenvalue weighted by molar-refractivity contribution is 5.88. The minimum Gasteiger partial charge on any atom is -0.368 e. The van der Waals surface area contributed by atoms with Crippen molar-refractivity contribution in [3.63, 3.8) is 0 Å². The summed E-state index contributed by atoms with van der Waals surface area (Å²) in [6.07, 6.45) is 3.20. The number of nitrogens with zero attached hydrogens (tertiary/aromatic N) is 1. The Morgan fingerprint density at radius 1 is 1.61 bits per heavy atom. The first-order chi connectivity index (χ1) is 8.45. The van der Waals surface area contributed by atoms with Gasteiger partial charge in [-0.3, -0.25) is 9.59 Å². The van der Waals surface area contributed by atoms with E-state index in [9.17, 15) is 18.4 Å². The van der Waals surface area contributed by atoms with Crippen molar-refractivity contribution in [1.29, 1.82) is 0 Å². The second-order valence-electron chi connectivity index (χ2n) is 3.82. The molecule has 1 unspecified atom stereocenters. The van der Waals surface area contributed by atoms with Crippen LogP contribution in [0.5, 0.6) is 0 Å². The van der Waals surface area contributed by atoms with E-state index in [0.717, 1.165) is 0 Å². The molecule has 2 N–H and O–H groups in total. The van der Waals surface area contributed by atoms with Gasteiger partial charge in [-0.2, -0.15) is 8.78 Å². The van der Waals surface area contributed by atoms with Crippen molar-refractivity contribution < 1.29 is 18.4 Å². The lowest BCUT2D eigenvalue weighted by Gasteiger charge is -2.24. The predicted molar refractivity (Wildman–Crippen MR) is 62.3 cm³/mol. The van der Waals surface area contributed by atoms with Crippen molar-refractivity contribution in [2.45, 2.75) is 25.8 Å². The van der Waals surface area contributed by atoms with Crippen molar-refractivity contribution >= 4 is 11.8 Å². The van der Waals surface area contributed by atoms with Crippen LogP contribution in [-0.2, 0) is 9.59 Å². The lowest BCUT2D eigenvalue weighted by Crippen LogP contribution is -2.44. The SMILES string of the molecule is CCC(C(N)=O)N1C=CC=C(C=C(F)F)CC1=O. The second-order valence-corrected chi connectivity index (χ2v) is 3.82. The number of nitrogens with two attached hydrogens (primary N) is 1. The molecule has 2 amide bonds. The van der Waals surface area contributed by atoms with Gasteiger partial charge in [0.1, 0.15) is 6.04 Å². The van der Waals surface area contributed by atoms with E-state index in [-0.39, 0.29) is 12.0 Å². The lowest BCUT2D eigenvalue weighted by molar-refractivity contribution is -0.135. The van der Waals surface area contributed by atoms with Crippen LogP contribution in [0.3, 0.4) is 0 Å². The van der Waals surface area contributed by atoms with Gasteiger partial charge in [0.2, 0.25) is 11.8 Å². The average Bonchev–Trinajstić information content (AvgIpc) is 2.41. The van der Waals surface area contributed by atoms with Gasteiger partial charge in [0.05, 0.1) is 6.42 Å². The molecule has 1 aliphatic heterocycles. The van der Waals surface area contributed by atoms with E-state index in [1.54, 1.807) is 6.92 Å². The summed E-state index contributed by atoms with van der Waals surface area (Å²) in [6, 6.07) is -0.749. The molecule has 0 bridgehead atoms. The molecule has 0 aromatic heterocycles. The fourth-order valence-electron chi connectivity index (χ4n) is 1.72. The molecule has 0 saturated carbocycles. The van der Waals surface area contributed by atoms with Crippen LogP contribution in [0.4, 0.5) is 8.78 Å². The molecule has 0 aromatic carbocycles. The Balaban J connectivity index is 2.90. The number of carbonyl (C=O) groups is 2. The topological polar surface area (TPSA) is 63.4 Å². The Morgan fingerprint density at radius 3 is 2.78 bits per heavy atom. The first-order valence-corrected chi connectivity index (χ1v) is 5.46. The minimum atomic E-state index is -1.86. The standard InChI is InChI=1S/C12H14F2N2O2/c1-2-9(12(15)18)16-5-3-4-8(6-10(13)14)7-11(16)17/h3-6,9H,2,7H2,1H3,(H2,15,18). The largest absolute Gasteiger partial charge is 0.368 e. The van der Waals surface area contributed by atoms with E-state index in [0.29, 0.717) is 12.5 Å². The Labute approximate surface area is 103 Å². The number of rotatable bonds is 4. The zero-order valence-corrected chi connectivity index (χ0v) is 9.90. The smallest absolute Gasteiger partial charge is 0.270 e. The van der Waals surface area contributed by atoms with Gasteiger partial charge in [-0.05, 0) is 18.1 Å². The third-order valence-corrected chi connectivity index (χ3v) is 2.55. The molecule has 0 spiro atoms. The van der Waals surface area contributed by atoms with Crippen LogP contribution >= 0.6 is 0 Å². The van der Waals surface area contributed by atoms with E-state index in [4.69, 9.17) is 5.73 Å². The highest BCUT2D eigenvalue weighted by Gasteiger charge is 2.26. The van der Waals surface area contributed by atoms with Crippen LogP contribution in [0.15, 0.2) is 36.1 Å². The monoisotopic (exact) mass is 256 g/mol. The molecule has 1 rings (SSSR count). The number of amides is 2. The van der Waals surface area contributed by atoms with Crippen molar-refractivity contribution in [3.8, 4) is 0 Å². The number of carbonyl (C=O) groups excluding carboxylic acids is 2. The highest BCUT2D eigenvalue weighted by atomic mass is 19.3. The summed E-state index contributed by atoms with van der Waals surface area (Å²) < 4.78 is 24.3. The molecule has 1 aliphatic rings. The summed E-state index contributed by atoms with van der Waals surface area (Å²) in [7, 11) is 0. The summed E-state index contributed by atoms with van der Waals surface area (Å²) >= 11 is 0. The number of halogens is 2. The Hall–Kier alpha value is -1.98. The van der Waals surface area contributed by atoms with Gasteiger partial charge in [0.15, 0.2) is 0 Å². The quantitative estimate of drug-likeness (QED) is 0.832. The molecular formula is C12H14F2N2O2. The second kappa shape index (κ2) is 6.09. The van der Waals surface area contributed by atoms with Crippen LogP contribution in [-0.4, -0.2) is 22.8 Å². The predicted octanol–water partition coefficient (Wildman–Crippen LogP) is 1.70. The van der Waals surface area contributed by atoms with Crippen molar-refractivity contribution in [1.82, 2.24) is 4.90 Å². The van der Waals surface area contributed by atoms with Crippen LogP contribution in [0.1, 0.15) is 19.8 Å². The third-order valence-electron chi connectivity index (χ3n) is 2.55. The Morgan fingerprint density at radius 2 is 2.28 bits per heavy atom. The maximum absolute atomic E-state index is 12.1. The molecule has 4 nitrogen and oxygen atoms in total. The van der Waals surface area contributed by atoms with Gasteiger partial charge in [-0.15, -0.1) is 0 Å².